The maximum atomic E-state index is 15.3. The van der Waals surface area contributed by atoms with Crippen molar-refractivity contribution < 1.29 is 49.0 Å². The van der Waals surface area contributed by atoms with Crippen molar-refractivity contribution in [1.82, 2.24) is 0 Å². The number of nitrogens with zero attached hydrogens (tertiary/aromatic N) is 1. The van der Waals surface area contributed by atoms with Crippen molar-refractivity contribution in [2.24, 2.45) is 11.1 Å². The highest BCUT2D eigenvalue weighted by atomic mass is 19.4. The van der Waals surface area contributed by atoms with Gasteiger partial charge in [-0.1, -0.05) is 37.3 Å². The minimum absolute atomic E-state index is 0.00384. The Morgan fingerprint density at radius 2 is 1.58 bits per heavy atom. The first-order valence-corrected chi connectivity index (χ1v) is 11.5. The summed E-state index contributed by atoms with van der Waals surface area (Å²) in [6.07, 6.45) is -21.4. The van der Waals surface area contributed by atoms with Crippen LogP contribution >= 0.6 is 0 Å². The molecule has 2 N–H and O–H groups in total. The molecule has 4 nitrogen and oxygen atoms in total. The van der Waals surface area contributed by atoms with E-state index in [-0.39, 0.29) is 16.5 Å². The molecule has 210 valence electrons. The van der Waals surface area contributed by atoms with Crippen molar-refractivity contribution >= 4 is 11.8 Å². The van der Waals surface area contributed by atoms with Gasteiger partial charge in [-0.05, 0) is 56.0 Å². The summed E-state index contributed by atoms with van der Waals surface area (Å²) in [5, 5.41) is 0. The highest BCUT2D eigenvalue weighted by molar-refractivity contribution is 5.92. The van der Waals surface area contributed by atoms with Gasteiger partial charge in [0.25, 0.3) is 0 Å². The van der Waals surface area contributed by atoms with E-state index < -0.39 is 77.4 Å². The Kier molecular flexibility index (Phi) is 7.52. The lowest BCUT2D eigenvalue weighted by molar-refractivity contribution is -0.300. The standard InChI is InChI=1S/C25H25F9N2O2/c1-4-22(35)21(25(32,33)34,13-15-8-6-5-7-9-15)19(24(29,30)31)17-12-16(23(26,27)28)10-11-18(17)36(22)20(37)38-14(2)3/h5-12,14,19H,4,13,35H2,1-3H3. The number of alkyl halides is 9. The average Bonchev–Trinajstić information content (AvgIpc) is 2.76. The second-order valence-corrected chi connectivity index (χ2v) is 9.42. The lowest BCUT2D eigenvalue weighted by Crippen LogP contribution is -2.77. The van der Waals surface area contributed by atoms with Gasteiger partial charge in [0.1, 0.15) is 17.0 Å². The molecule has 0 radical (unpaired) electrons. The van der Waals surface area contributed by atoms with Gasteiger partial charge in [-0.25, -0.2) is 4.79 Å². The molecular formula is C25H25F9N2O2. The maximum Gasteiger partial charge on any atom is 0.416 e. The minimum atomic E-state index is -5.77. The Morgan fingerprint density at radius 3 is 2.03 bits per heavy atom. The van der Waals surface area contributed by atoms with Gasteiger partial charge in [0.2, 0.25) is 0 Å². The monoisotopic (exact) mass is 556 g/mol. The molecule has 38 heavy (non-hydrogen) atoms. The van der Waals surface area contributed by atoms with E-state index in [0.717, 1.165) is 19.1 Å². The Hall–Kier alpha value is -2.96. The van der Waals surface area contributed by atoms with Gasteiger partial charge >= 0.3 is 24.6 Å². The number of carbonyl (C=O) groups excluding carboxylic acids is 1. The van der Waals surface area contributed by atoms with Crippen LogP contribution < -0.4 is 10.6 Å². The van der Waals surface area contributed by atoms with Gasteiger partial charge in [-0.2, -0.15) is 39.5 Å². The number of hydrogen-bond acceptors (Lipinski definition) is 3. The number of carbonyl (C=O) groups is 1. The highest BCUT2D eigenvalue weighted by Crippen LogP contribution is 2.67. The number of halogens is 9. The fourth-order valence-corrected chi connectivity index (χ4v) is 5.22. The second kappa shape index (κ2) is 9.65. The molecule has 1 aliphatic rings. The van der Waals surface area contributed by atoms with Crippen LogP contribution in [0.15, 0.2) is 48.5 Å². The number of rotatable bonds is 4. The van der Waals surface area contributed by atoms with E-state index in [4.69, 9.17) is 10.5 Å². The first-order chi connectivity index (χ1) is 17.3. The number of fused-ring (bicyclic) bond motifs is 1. The Bertz CT molecular complexity index is 1160. The minimum Gasteiger partial charge on any atom is -0.446 e. The largest absolute Gasteiger partial charge is 0.446 e. The molecule has 0 saturated heterocycles. The molecule has 1 amide bonds. The Balaban J connectivity index is 2.56. The van der Waals surface area contributed by atoms with Crippen molar-refractivity contribution in [2.75, 3.05) is 4.90 Å². The van der Waals surface area contributed by atoms with Gasteiger partial charge in [0.05, 0.1) is 17.4 Å². The predicted molar refractivity (Wildman–Crippen MR) is 120 cm³/mol. The first kappa shape index (κ1) is 29.6. The zero-order valence-electron chi connectivity index (χ0n) is 20.4. The van der Waals surface area contributed by atoms with Crippen LogP contribution in [0.4, 0.5) is 50.0 Å². The predicted octanol–water partition coefficient (Wildman–Crippen LogP) is 7.57. The van der Waals surface area contributed by atoms with E-state index in [2.05, 4.69) is 0 Å². The Labute approximate surface area is 212 Å². The van der Waals surface area contributed by atoms with Gasteiger partial charge in [-0.3, -0.25) is 4.90 Å². The molecular weight excluding hydrogens is 531 g/mol. The highest BCUT2D eigenvalue weighted by Gasteiger charge is 2.78. The third kappa shape index (κ3) is 4.80. The van der Waals surface area contributed by atoms with E-state index in [1.54, 1.807) is 0 Å². The van der Waals surface area contributed by atoms with E-state index in [9.17, 15) is 31.1 Å². The Morgan fingerprint density at radius 1 is 1.00 bits per heavy atom. The fraction of sp³-hybridized carbons (Fsp3) is 0.480. The third-order valence-electron chi connectivity index (χ3n) is 6.79. The van der Waals surface area contributed by atoms with Gasteiger partial charge in [0.15, 0.2) is 0 Å². The van der Waals surface area contributed by atoms with Crippen molar-refractivity contribution in [2.45, 2.75) is 69.8 Å². The molecule has 2 aromatic carbocycles. The zero-order chi connectivity index (χ0) is 28.9. The molecule has 0 saturated carbocycles. The first-order valence-electron chi connectivity index (χ1n) is 11.5. The summed E-state index contributed by atoms with van der Waals surface area (Å²) in [5.41, 5.74) is -4.88. The lowest BCUT2D eigenvalue weighted by Gasteiger charge is -2.60. The van der Waals surface area contributed by atoms with Crippen LogP contribution in [-0.4, -0.2) is 30.2 Å². The van der Waals surface area contributed by atoms with Crippen LogP contribution in [0.1, 0.15) is 49.8 Å². The third-order valence-corrected chi connectivity index (χ3v) is 6.79. The summed E-state index contributed by atoms with van der Waals surface area (Å²) in [6, 6.07) is 7.24. The van der Waals surface area contributed by atoms with Crippen molar-refractivity contribution in [3.8, 4) is 0 Å². The second-order valence-electron chi connectivity index (χ2n) is 9.42. The molecule has 1 heterocycles. The van der Waals surface area contributed by atoms with Crippen molar-refractivity contribution in [3.05, 3.63) is 65.2 Å². The normalized spacial score (nSPS) is 24.4. The molecule has 0 spiro atoms. The number of amides is 1. The summed E-state index contributed by atoms with van der Waals surface area (Å²) < 4.78 is 136. The maximum absolute atomic E-state index is 15.3. The average molecular weight is 556 g/mol. The summed E-state index contributed by atoms with van der Waals surface area (Å²) in [4.78, 5) is 13.4. The molecule has 0 fully saturated rings. The van der Waals surface area contributed by atoms with E-state index in [1.165, 1.54) is 32.0 Å². The smallest absolute Gasteiger partial charge is 0.416 e. The molecule has 3 rings (SSSR count). The van der Waals surface area contributed by atoms with Crippen LogP contribution in [0.3, 0.4) is 0 Å². The number of anilines is 1. The number of ether oxygens (including phenoxy) is 1. The SMILES string of the molecule is CCC1(N)N(C(=O)OC(C)C)c2ccc(C(F)(F)F)cc2C(C(F)(F)F)C1(Cc1ccccc1)C(F)(F)F. The summed E-state index contributed by atoms with van der Waals surface area (Å²) >= 11 is 0. The summed E-state index contributed by atoms with van der Waals surface area (Å²) in [7, 11) is 0. The van der Waals surface area contributed by atoms with Crippen LogP contribution in [0.5, 0.6) is 0 Å². The topological polar surface area (TPSA) is 55.6 Å². The lowest BCUT2D eigenvalue weighted by atomic mass is 9.56. The van der Waals surface area contributed by atoms with E-state index >= 15 is 13.2 Å². The molecule has 0 aromatic heterocycles. The number of nitrogens with two attached hydrogens (primary N) is 1. The number of hydrogen-bond donors (Lipinski definition) is 1. The van der Waals surface area contributed by atoms with E-state index in [0.29, 0.717) is 12.1 Å². The van der Waals surface area contributed by atoms with Gasteiger partial charge in [0, 0.05) is 0 Å². The van der Waals surface area contributed by atoms with Crippen molar-refractivity contribution in [3.63, 3.8) is 0 Å². The summed E-state index contributed by atoms with van der Waals surface area (Å²) in [6.45, 7) is 3.77. The van der Waals surface area contributed by atoms with Crippen LogP contribution in [0.2, 0.25) is 0 Å². The molecule has 0 aliphatic carbocycles. The molecule has 0 bridgehead atoms. The summed E-state index contributed by atoms with van der Waals surface area (Å²) in [5.74, 6) is -3.56. The molecule has 2 aromatic rings. The molecule has 1 aliphatic heterocycles. The van der Waals surface area contributed by atoms with Crippen LogP contribution in [0, 0.1) is 5.41 Å². The van der Waals surface area contributed by atoms with Gasteiger partial charge in [-0.15, -0.1) is 0 Å². The van der Waals surface area contributed by atoms with Gasteiger partial charge < -0.3 is 10.5 Å². The molecule has 13 heteroatoms. The van der Waals surface area contributed by atoms with Crippen LogP contribution in [0.25, 0.3) is 0 Å². The van der Waals surface area contributed by atoms with Crippen molar-refractivity contribution in [1.29, 1.82) is 0 Å². The zero-order valence-corrected chi connectivity index (χ0v) is 20.4. The fourth-order valence-electron chi connectivity index (χ4n) is 5.22. The van der Waals surface area contributed by atoms with E-state index in [1.807, 2.05) is 0 Å². The number of benzene rings is 2. The molecule has 3 atom stereocenters. The molecule has 3 unspecified atom stereocenters. The van der Waals surface area contributed by atoms with Crippen LogP contribution in [-0.2, 0) is 17.3 Å². The quantitative estimate of drug-likeness (QED) is 0.395.